The number of rotatable bonds is 4. The third kappa shape index (κ3) is 1.99. The summed E-state index contributed by atoms with van der Waals surface area (Å²) in [4.78, 5) is 15.0. The zero-order valence-electron chi connectivity index (χ0n) is 6.83. The average Bonchev–Trinajstić information content (AvgIpc) is 2.52. The highest BCUT2D eigenvalue weighted by Crippen LogP contribution is 2.12. The van der Waals surface area contributed by atoms with Crippen LogP contribution in [-0.4, -0.2) is 35.8 Å². The Morgan fingerprint density at radius 3 is 3.00 bits per heavy atom. The molecule has 12 heavy (non-hydrogen) atoms. The van der Waals surface area contributed by atoms with E-state index in [0.717, 1.165) is 11.5 Å². The van der Waals surface area contributed by atoms with Gasteiger partial charge in [-0.1, -0.05) is 0 Å². The summed E-state index contributed by atoms with van der Waals surface area (Å²) in [6.45, 7) is 0.250. The van der Waals surface area contributed by atoms with E-state index in [1.165, 1.54) is 7.11 Å². The van der Waals surface area contributed by atoms with E-state index in [1.807, 2.05) is 0 Å². The molecule has 0 bridgehead atoms. The van der Waals surface area contributed by atoms with Gasteiger partial charge in [-0.15, -0.1) is 0 Å². The van der Waals surface area contributed by atoms with E-state index in [-0.39, 0.29) is 18.2 Å². The molecule has 0 aliphatic carbocycles. The summed E-state index contributed by atoms with van der Waals surface area (Å²) < 4.78 is 8.62. The molecular weight excluding hydrogens is 178 g/mol. The molecule has 0 aliphatic rings. The summed E-state index contributed by atoms with van der Waals surface area (Å²) >= 11 is 1.07. The maximum Gasteiger partial charge on any atom is 0.293 e. The molecule has 0 aromatic carbocycles. The zero-order chi connectivity index (χ0) is 8.97. The van der Waals surface area contributed by atoms with Crippen LogP contribution in [0.25, 0.3) is 0 Å². The Kier molecular flexibility index (Phi) is 3.12. The van der Waals surface area contributed by atoms with Crippen LogP contribution in [0.5, 0.6) is 5.19 Å². The number of hydrogen-bond donors (Lipinski definition) is 1. The fraction of sp³-hybridized carbons (Fsp3) is 0.500. The standard InChI is InChI=1S/C6H9N3O2S/c1-7-3-4(10)5-8-6(11-2)12-9-5/h7H,3H2,1-2H3. The molecule has 1 N–H and O–H groups in total. The largest absolute Gasteiger partial charge is 0.472 e. The lowest BCUT2D eigenvalue weighted by atomic mass is 10.4. The Bertz CT molecular complexity index is 274. The van der Waals surface area contributed by atoms with E-state index in [0.29, 0.717) is 5.19 Å². The summed E-state index contributed by atoms with van der Waals surface area (Å²) in [6.07, 6.45) is 0. The normalized spacial score (nSPS) is 9.83. The van der Waals surface area contributed by atoms with Gasteiger partial charge in [-0.2, -0.15) is 9.36 Å². The number of carbonyl (C=O) groups excluding carboxylic acids is 1. The lowest BCUT2D eigenvalue weighted by molar-refractivity contribution is 0.0984. The second-order valence-corrected chi connectivity index (χ2v) is 2.76. The number of nitrogens with zero attached hydrogens (tertiary/aromatic N) is 2. The van der Waals surface area contributed by atoms with E-state index in [1.54, 1.807) is 7.05 Å². The average molecular weight is 187 g/mol. The second-order valence-electron chi connectivity index (χ2n) is 2.04. The van der Waals surface area contributed by atoms with Gasteiger partial charge in [0.1, 0.15) is 0 Å². The van der Waals surface area contributed by atoms with E-state index >= 15 is 0 Å². The van der Waals surface area contributed by atoms with Gasteiger partial charge in [-0.05, 0) is 7.05 Å². The highest BCUT2D eigenvalue weighted by Gasteiger charge is 2.11. The van der Waals surface area contributed by atoms with Gasteiger partial charge in [0.15, 0.2) is 0 Å². The molecule has 0 amide bonds. The minimum absolute atomic E-state index is 0.128. The summed E-state index contributed by atoms with van der Waals surface area (Å²) in [5, 5.41) is 3.14. The minimum Gasteiger partial charge on any atom is -0.472 e. The Morgan fingerprint density at radius 2 is 2.50 bits per heavy atom. The minimum atomic E-state index is -0.128. The molecule has 5 nitrogen and oxygen atoms in total. The van der Waals surface area contributed by atoms with Crippen molar-refractivity contribution in [2.75, 3.05) is 20.7 Å². The number of aromatic nitrogens is 2. The maximum absolute atomic E-state index is 11.1. The number of methoxy groups -OCH3 is 1. The molecular formula is C6H9N3O2S. The lowest BCUT2D eigenvalue weighted by Crippen LogP contribution is -2.19. The van der Waals surface area contributed by atoms with Crippen molar-refractivity contribution in [3.8, 4) is 5.19 Å². The van der Waals surface area contributed by atoms with Gasteiger partial charge in [0.05, 0.1) is 13.7 Å². The van der Waals surface area contributed by atoms with E-state index < -0.39 is 0 Å². The maximum atomic E-state index is 11.1. The zero-order valence-corrected chi connectivity index (χ0v) is 7.64. The molecule has 1 aromatic rings. The second kappa shape index (κ2) is 4.13. The molecule has 0 aliphatic heterocycles. The van der Waals surface area contributed by atoms with Crippen molar-refractivity contribution in [3.05, 3.63) is 5.82 Å². The summed E-state index contributed by atoms with van der Waals surface area (Å²) in [6, 6.07) is 0. The van der Waals surface area contributed by atoms with Gasteiger partial charge < -0.3 is 10.1 Å². The third-order valence-electron chi connectivity index (χ3n) is 1.17. The van der Waals surface area contributed by atoms with Gasteiger partial charge in [0.2, 0.25) is 11.6 Å². The van der Waals surface area contributed by atoms with Crippen LogP contribution in [-0.2, 0) is 0 Å². The van der Waals surface area contributed by atoms with Crippen molar-refractivity contribution in [1.29, 1.82) is 0 Å². The summed E-state index contributed by atoms with van der Waals surface area (Å²) in [5.41, 5.74) is 0. The third-order valence-corrected chi connectivity index (χ3v) is 1.85. The Morgan fingerprint density at radius 1 is 1.75 bits per heavy atom. The monoisotopic (exact) mass is 187 g/mol. The lowest BCUT2D eigenvalue weighted by Gasteiger charge is -1.91. The first kappa shape index (κ1) is 9.08. The predicted octanol–water partition coefficient (Wildman–Crippen LogP) is -0.0512. The molecule has 0 fully saturated rings. The number of likely N-dealkylation sites (N-methyl/N-ethyl adjacent to an activating group) is 1. The van der Waals surface area contributed by atoms with Crippen LogP contribution in [0.3, 0.4) is 0 Å². The molecule has 0 saturated heterocycles. The van der Waals surface area contributed by atoms with Gasteiger partial charge in [-0.25, -0.2) is 0 Å². The van der Waals surface area contributed by atoms with E-state index in [9.17, 15) is 4.79 Å². The highest BCUT2D eigenvalue weighted by molar-refractivity contribution is 7.07. The molecule has 0 radical (unpaired) electrons. The van der Waals surface area contributed by atoms with Crippen LogP contribution in [0.2, 0.25) is 0 Å². The molecule has 0 unspecified atom stereocenters. The van der Waals surface area contributed by atoms with Gasteiger partial charge in [0.25, 0.3) is 5.19 Å². The van der Waals surface area contributed by atoms with E-state index in [2.05, 4.69) is 14.7 Å². The van der Waals surface area contributed by atoms with Gasteiger partial charge in [-0.3, -0.25) is 4.79 Å². The molecule has 6 heteroatoms. The molecule has 66 valence electrons. The Hall–Kier alpha value is -1.01. The van der Waals surface area contributed by atoms with Gasteiger partial charge in [0, 0.05) is 11.5 Å². The molecule has 1 aromatic heterocycles. The smallest absolute Gasteiger partial charge is 0.293 e. The number of Topliss-reactive ketones (excluding diaryl/α,β-unsaturated/α-hetero) is 1. The van der Waals surface area contributed by atoms with Crippen molar-refractivity contribution >= 4 is 17.3 Å². The molecule has 1 rings (SSSR count). The quantitative estimate of drug-likeness (QED) is 0.669. The first-order valence-corrected chi connectivity index (χ1v) is 4.10. The topological polar surface area (TPSA) is 64.1 Å². The van der Waals surface area contributed by atoms with E-state index in [4.69, 9.17) is 4.74 Å². The molecule has 0 atom stereocenters. The van der Waals surface area contributed by atoms with Crippen LogP contribution >= 0.6 is 11.5 Å². The first-order chi connectivity index (χ1) is 5.77. The number of hydrogen-bond acceptors (Lipinski definition) is 6. The summed E-state index contributed by atoms with van der Waals surface area (Å²) in [7, 11) is 3.19. The van der Waals surface area contributed by atoms with Crippen LogP contribution in [0.1, 0.15) is 10.6 Å². The molecule has 0 saturated carbocycles. The van der Waals surface area contributed by atoms with Crippen molar-refractivity contribution < 1.29 is 9.53 Å². The van der Waals surface area contributed by atoms with Crippen molar-refractivity contribution in [2.45, 2.75) is 0 Å². The SMILES string of the molecule is CNCC(=O)c1nsc(OC)n1. The fourth-order valence-electron chi connectivity index (χ4n) is 0.645. The first-order valence-electron chi connectivity index (χ1n) is 3.33. The Balaban J connectivity index is 2.68. The van der Waals surface area contributed by atoms with Crippen LogP contribution in [0, 0.1) is 0 Å². The molecule has 1 heterocycles. The van der Waals surface area contributed by atoms with Crippen molar-refractivity contribution in [3.63, 3.8) is 0 Å². The van der Waals surface area contributed by atoms with Crippen LogP contribution in [0.4, 0.5) is 0 Å². The van der Waals surface area contributed by atoms with Crippen LogP contribution < -0.4 is 10.1 Å². The summed E-state index contributed by atoms with van der Waals surface area (Å²) in [5.74, 6) is 0.0863. The molecule has 0 spiro atoms. The predicted molar refractivity (Wildman–Crippen MR) is 44.7 cm³/mol. The van der Waals surface area contributed by atoms with Crippen molar-refractivity contribution in [2.24, 2.45) is 0 Å². The number of nitrogens with one attached hydrogen (secondary N) is 1. The van der Waals surface area contributed by atoms with Gasteiger partial charge >= 0.3 is 0 Å². The number of ether oxygens (including phenoxy) is 1. The van der Waals surface area contributed by atoms with Crippen LogP contribution in [0.15, 0.2) is 0 Å². The number of carbonyl (C=O) groups is 1. The fourth-order valence-corrected chi connectivity index (χ4v) is 1.15. The highest BCUT2D eigenvalue weighted by atomic mass is 32.1. The number of ketones is 1. The van der Waals surface area contributed by atoms with Crippen molar-refractivity contribution in [1.82, 2.24) is 14.7 Å². The Labute approximate surface area is 73.9 Å².